The van der Waals surface area contributed by atoms with Crippen LogP contribution >= 0.6 is 0 Å². The molecule has 5 rings (SSSR count). The van der Waals surface area contributed by atoms with Gasteiger partial charge >= 0.3 is 0 Å². The van der Waals surface area contributed by atoms with Crippen molar-refractivity contribution >= 4 is 22.8 Å². The predicted molar refractivity (Wildman–Crippen MR) is 142 cm³/mol. The topological polar surface area (TPSA) is 72.2 Å². The highest BCUT2D eigenvalue weighted by atomic mass is 19.1. The summed E-state index contributed by atoms with van der Waals surface area (Å²) >= 11 is 0. The first kappa shape index (κ1) is 26.2. The van der Waals surface area contributed by atoms with Crippen LogP contribution in [0.2, 0.25) is 0 Å². The lowest BCUT2D eigenvalue weighted by Gasteiger charge is -2.44. The number of para-hydroxylation sites is 2. The van der Waals surface area contributed by atoms with E-state index in [1.807, 2.05) is 32.0 Å². The van der Waals surface area contributed by atoms with Crippen molar-refractivity contribution in [1.29, 1.82) is 0 Å². The fourth-order valence-electron chi connectivity index (χ4n) is 5.59. The average molecular weight is 523 g/mol. The zero-order valence-corrected chi connectivity index (χ0v) is 22.3. The third kappa shape index (κ3) is 4.89. The first-order chi connectivity index (χ1) is 18.3. The number of rotatable bonds is 2. The molecule has 0 aliphatic carbocycles. The van der Waals surface area contributed by atoms with Gasteiger partial charge < -0.3 is 23.7 Å². The number of morpholine rings is 1. The summed E-state index contributed by atoms with van der Waals surface area (Å²) in [5, 5.41) is 0.574. The Morgan fingerprint density at radius 3 is 2.66 bits per heavy atom. The molecule has 3 heterocycles. The second kappa shape index (κ2) is 10.8. The number of benzene rings is 2. The molecule has 2 amide bonds. The quantitative estimate of drug-likeness (QED) is 0.466. The van der Waals surface area contributed by atoms with Gasteiger partial charge in [0, 0.05) is 23.5 Å². The van der Waals surface area contributed by atoms with Crippen LogP contribution < -0.4 is 4.74 Å². The van der Waals surface area contributed by atoms with Gasteiger partial charge in [-0.3, -0.25) is 9.59 Å². The summed E-state index contributed by atoms with van der Waals surface area (Å²) < 4.78 is 32.5. The molecule has 1 atom stereocenters. The number of hydrogen-bond acceptors (Lipinski definition) is 5. The molecule has 0 bridgehead atoms. The average Bonchev–Trinajstić information content (AvgIpc) is 3.26. The lowest BCUT2D eigenvalue weighted by Crippen LogP contribution is -2.63. The molecule has 1 spiro atoms. The van der Waals surface area contributed by atoms with Crippen molar-refractivity contribution in [1.82, 2.24) is 9.80 Å². The fraction of sp³-hybridized carbons (Fsp3) is 0.467. The van der Waals surface area contributed by atoms with Crippen molar-refractivity contribution in [3.8, 4) is 5.75 Å². The summed E-state index contributed by atoms with van der Waals surface area (Å²) in [5.74, 6) is -0.0208. The summed E-state index contributed by atoms with van der Waals surface area (Å²) in [6, 6.07) is 12.6. The first-order valence-electron chi connectivity index (χ1n) is 13.4. The largest absolute Gasteiger partial charge is 0.491 e. The molecule has 1 saturated heterocycles. The Morgan fingerprint density at radius 1 is 1.05 bits per heavy atom. The van der Waals surface area contributed by atoms with Gasteiger partial charge in [-0.25, -0.2) is 4.39 Å². The molecule has 7 nitrogen and oxygen atoms in total. The van der Waals surface area contributed by atoms with E-state index in [-0.39, 0.29) is 42.4 Å². The fourth-order valence-corrected chi connectivity index (χ4v) is 5.59. The van der Waals surface area contributed by atoms with Crippen LogP contribution in [0.15, 0.2) is 46.9 Å². The first-order valence-corrected chi connectivity index (χ1v) is 13.4. The zero-order valence-electron chi connectivity index (χ0n) is 22.3. The third-order valence-electron chi connectivity index (χ3n) is 7.70. The smallest absolute Gasteiger partial charge is 0.290 e. The maximum Gasteiger partial charge on any atom is 0.290 e. The van der Waals surface area contributed by atoms with Crippen LogP contribution in [0.4, 0.5) is 4.39 Å². The van der Waals surface area contributed by atoms with Crippen molar-refractivity contribution in [3.63, 3.8) is 0 Å². The molecule has 38 heavy (non-hydrogen) atoms. The SMILES string of the molecule is Cc1c(C(=O)N2CCOC3(CCCCc4ccccc4OCCN(C(C)C)C3=O)C2)oc2c(F)cccc12. The molecule has 202 valence electrons. The highest BCUT2D eigenvalue weighted by Crippen LogP contribution is 2.33. The Balaban J connectivity index is 1.43. The van der Waals surface area contributed by atoms with E-state index in [1.54, 1.807) is 28.9 Å². The van der Waals surface area contributed by atoms with Gasteiger partial charge in [0.15, 0.2) is 22.8 Å². The maximum absolute atomic E-state index is 14.4. The minimum atomic E-state index is -1.16. The molecule has 1 fully saturated rings. The van der Waals surface area contributed by atoms with E-state index < -0.39 is 11.4 Å². The van der Waals surface area contributed by atoms with Crippen molar-refractivity contribution in [3.05, 3.63) is 65.2 Å². The van der Waals surface area contributed by atoms with E-state index in [4.69, 9.17) is 13.9 Å². The molecule has 2 aromatic carbocycles. The number of furan rings is 1. The maximum atomic E-state index is 14.4. The Bertz CT molecular complexity index is 1340. The third-order valence-corrected chi connectivity index (χ3v) is 7.70. The second-order valence-electron chi connectivity index (χ2n) is 10.5. The number of fused-ring (bicyclic) bond motifs is 2. The van der Waals surface area contributed by atoms with Crippen molar-refractivity contribution < 1.29 is 27.9 Å². The summed E-state index contributed by atoms with van der Waals surface area (Å²) in [6.07, 6.45) is 2.94. The van der Waals surface area contributed by atoms with E-state index in [1.165, 1.54) is 6.07 Å². The number of hydrogen-bond donors (Lipinski definition) is 0. The van der Waals surface area contributed by atoms with E-state index in [0.29, 0.717) is 37.1 Å². The summed E-state index contributed by atoms with van der Waals surface area (Å²) in [5.41, 5.74) is 0.653. The summed E-state index contributed by atoms with van der Waals surface area (Å²) in [6.45, 7) is 7.15. The monoisotopic (exact) mass is 522 g/mol. The van der Waals surface area contributed by atoms with Crippen molar-refractivity contribution in [2.45, 2.75) is 58.1 Å². The number of aryl methyl sites for hydroxylation is 2. The van der Waals surface area contributed by atoms with E-state index in [2.05, 4.69) is 6.07 Å². The molecule has 8 heteroatoms. The number of carbonyl (C=O) groups excluding carboxylic acids is 2. The van der Waals surface area contributed by atoms with E-state index in [0.717, 1.165) is 30.6 Å². The Kier molecular flexibility index (Phi) is 7.43. The molecule has 0 saturated carbocycles. The standard InChI is InChI=1S/C30H35FN2O5/c1-20(2)33-16-17-36-25-13-5-4-9-22(25)10-6-7-14-30(29(33)35)19-32(15-18-37-30)28(34)26-21(3)23-11-8-12-24(31)27(23)38-26/h4-5,8-9,11-13,20H,6-7,10,14-19H2,1-3H3. The van der Waals surface area contributed by atoms with Crippen LogP contribution in [0, 0.1) is 12.7 Å². The van der Waals surface area contributed by atoms with E-state index >= 15 is 0 Å². The molecule has 0 N–H and O–H groups in total. The Labute approximate surface area is 222 Å². The van der Waals surface area contributed by atoms with E-state index in [9.17, 15) is 14.0 Å². The predicted octanol–water partition coefficient (Wildman–Crippen LogP) is 5.13. The van der Waals surface area contributed by atoms with Gasteiger partial charge in [-0.15, -0.1) is 0 Å². The van der Waals surface area contributed by atoms with Gasteiger partial charge in [-0.1, -0.05) is 30.3 Å². The molecule has 2 aliphatic rings. The Morgan fingerprint density at radius 2 is 1.87 bits per heavy atom. The van der Waals surface area contributed by atoms with Gasteiger partial charge in [0.05, 0.1) is 19.7 Å². The van der Waals surface area contributed by atoms with Crippen LogP contribution in [0.3, 0.4) is 0 Å². The van der Waals surface area contributed by atoms with Gasteiger partial charge in [-0.2, -0.15) is 0 Å². The highest BCUT2D eigenvalue weighted by Gasteiger charge is 2.47. The van der Waals surface area contributed by atoms with Gasteiger partial charge in [0.2, 0.25) is 0 Å². The number of halogens is 1. The highest BCUT2D eigenvalue weighted by molar-refractivity contribution is 5.99. The van der Waals surface area contributed by atoms with Crippen LogP contribution in [0.1, 0.15) is 54.8 Å². The molecule has 1 aromatic heterocycles. The molecule has 2 aliphatic heterocycles. The number of amides is 2. The minimum absolute atomic E-state index is 0.0728. The van der Waals surface area contributed by atoms with Gasteiger partial charge in [0.25, 0.3) is 11.8 Å². The minimum Gasteiger partial charge on any atom is -0.491 e. The van der Waals surface area contributed by atoms with Crippen molar-refractivity contribution in [2.24, 2.45) is 0 Å². The zero-order chi connectivity index (χ0) is 26.9. The number of nitrogens with zero attached hydrogens (tertiary/aromatic N) is 2. The van der Waals surface area contributed by atoms with Crippen LogP contribution in [0.25, 0.3) is 11.0 Å². The summed E-state index contributed by atoms with van der Waals surface area (Å²) in [4.78, 5) is 31.2. The lowest BCUT2D eigenvalue weighted by molar-refractivity contribution is -0.172. The molecule has 1 unspecified atom stereocenters. The van der Waals surface area contributed by atoms with Gasteiger partial charge in [-0.05, 0) is 64.2 Å². The van der Waals surface area contributed by atoms with Crippen molar-refractivity contribution in [2.75, 3.05) is 32.8 Å². The Hall–Kier alpha value is -3.39. The molecule has 3 aromatic rings. The molecular weight excluding hydrogens is 487 g/mol. The number of ether oxygens (including phenoxy) is 2. The molecular formula is C30H35FN2O5. The van der Waals surface area contributed by atoms with Gasteiger partial charge in [0.1, 0.15) is 12.4 Å². The van der Waals surface area contributed by atoms with Crippen LogP contribution in [-0.4, -0.2) is 66.1 Å². The summed E-state index contributed by atoms with van der Waals surface area (Å²) in [7, 11) is 0. The normalized spacial score (nSPS) is 21.2. The van der Waals surface area contributed by atoms with Crippen LogP contribution in [-0.2, 0) is 16.0 Å². The second-order valence-corrected chi connectivity index (χ2v) is 10.5. The molecule has 0 radical (unpaired) electrons. The lowest BCUT2D eigenvalue weighted by atomic mass is 9.90. The van der Waals surface area contributed by atoms with Crippen LogP contribution in [0.5, 0.6) is 5.75 Å². The number of carbonyl (C=O) groups is 2.